The van der Waals surface area contributed by atoms with Crippen LogP contribution in [0.25, 0.3) is 0 Å². The molecule has 2 unspecified atom stereocenters. The van der Waals surface area contributed by atoms with Gasteiger partial charge in [-0.2, -0.15) is 0 Å². The van der Waals surface area contributed by atoms with E-state index in [0.717, 1.165) is 30.8 Å². The second-order valence-corrected chi connectivity index (χ2v) is 7.03. The minimum absolute atomic E-state index is 0.350. The summed E-state index contributed by atoms with van der Waals surface area (Å²) in [5, 5.41) is 3.70. The average molecular weight is 286 g/mol. The number of likely N-dealkylation sites (tertiary alicyclic amines) is 1. The van der Waals surface area contributed by atoms with E-state index in [2.05, 4.69) is 35.3 Å². The maximum atomic E-state index is 6.15. The van der Waals surface area contributed by atoms with Crippen molar-refractivity contribution in [1.29, 1.82) is 0 Å². The third-order valence-corrected chi connectivity index (χ3v) is 5.11. The minimum Gasteiger partial charge on any atom is -0.488 e. The summed E-state index contributed by atoms with van der Waals surface area (Å²) in [7, 11) is 0. The second-order valence-electron chi connectivity index (χ2n) is 7.03. The van der Waals surface area contributed by atoms with Gasteiger partial charge in [-0.3, -0.25) is 4.90 Å². The van der Waals surface area contributed by atoms with Crippen molar-refractivity contribution in [2.75, 3.05) is 19.6 Å². The fraction of sp³-hybridized carbons (Fsp3) is 0.667. The van der Waals surface area contributed by atoms with E-state index >= 15 is 0 Å². The molecule has 0 bridgehead atoms. The summed E-state index contributed by atoms with van der Waals surface area (Å²) >= 11 is 0. The number of rotatable bonds is 5. The first-order chi connectivity index (χ1) is 10.3. The molecule has 1 aliphatic carbocycles. The number of aryl methyl sites for hydroxylation is 1. The first-order valence-electron chi connectivity index (χ1n) is 8.51. The number of nitrogens with one attached hydrogen (secondary N) is 1. The smallest absolute Gasteiger partial charge is 0.123 e. The predicted molar refractivity (Wildman–Crippen MR) is 84.9 cm³/mol. The topological polar surface area (TPSA) is 24.5 Å². The highest BCUT2D eigenvalue weighted by molar-refractivity contribution is 5.40. The lowest BCUT2D eigenvalue weighted by Crippen LogP contribution is -2.43. The Labute approximate surface area is 127 Å². The third-order valence-electron chi connectivity index (χ3n) is 5.11. The molecule has 1 saturated carbocycles. The zero-order valence-corrected chi connectivity index (χ0v) is 13.0. The van der Waals surface area contributed by atoms with Gasteiger partial charge < -0.3 is 10.1 Å². The van der Waals surface area contributed by atoms with Crippen molar-refractivity contribution >= 4 is 0 Å². The Hall–Kier alpha value is -1.06. The molecule has 3 nitrogen and oxygen atoms in total. The summed E-state index contributed by atoms with van der Waals surface area (Å²) in [6, 6.07) is 8.12. The van der Waals surface area contributed by atoms with Crippen LogP contribution in [-0.2, 0) is 6.42 Å². The van der Waals surface area contributed by atoms with Crippen LogP contribution in [0.5, 0.6) is 5.75 Å². The largest absolute Gasteiger partial charge is 0.488 e. The van der Waals surface area contributed by atoms with E-state index < -0.39 is 0 Å². The number of hydrogen-bond acceptors (Lipinski definition) is 3. The van der Waals surface area contributed by atoms with Crippen molar-refractivity contribution in [2.24, 2.45) is 0 Å². The lowest BCUT2D eigenvalue weighted by Gasteiger charge is -2.27. The van der Waals surface area contributed by atoms with Gasteiger partial charge >= 0.3 is 0 Å². The summed E-state index contributed by atoms with van der Waals surface area (Å²) in [6.07, 6.45) is 6.88. The molecule has 4 rings (SSSR count). The van der Waals surface area contributed by atoms with Gasteiger partial charge in [0.1, 0.15) is 11.9 Å². The molecule has 1 aromatic rings. The maximum absolute atomic E-state index is 6.15. The quantitative estimate of drug-likeness (QED) is 0.900. The van der Waals surface area contributed by atoms with Crippen LogP contribution < -0.4 is 10.1 Å². The molecule has 21 heavy (non-hydrogen) atoms. The predicted octanol–water partition coefficient (Wildman–Crippen LogP) is 2.51. The molecule has 2 aliphatic heterocycles. The molecule has 3 aliphatic rings. The van der Waals surface area contributed by atoms with Crippen LogP contribution in [0.3, 0.4) is 0 Å². The van der Waals surface area contributed by atoms with E-state index in [0.29, 0.717) is 6.10 Å². The molecule has 1 aromatic carbocycles. The van der Waals surface area contributed by atoms with Gasteiger partial charge in [-0.15, -0.1) is 0 Å². The Bertz CT molecular complexity index is 512. The van der Waals surface area contributed by atoms with E-state index in [4.69, 9.17) is 4.74 Å². The Morgan fingerprint density at radius 1 is 1.29 bits per heavy atom. The third kappa shape index (κ3) is 3.09. The zero-order chi connectivity index (χ0) is 14.2. The van der Waals surface area contributed by atoms with Crippen molar-refractivity contribution in [3.63, 3.8) is 0 Å². The van der Waals surface area contributed by atoms with E-state index in [1.54, 1.807) is 0 Å². The molecular formula is C18H26N2O. The Morgan fingerprint density at radius 2 is 2.19 bits per heavy atom. The fourth-order valence-corrected chi connectivity index (χ4v) is 3.77. The van der Waals surface area contributed by atoms with Crippen LogP contribution in [0.1, 0.15) is 36.8 Å². The Kier molecular flexibility index (Phi) is 3.64. The van der Waals surface area contributed by atoms with Crippen LogP contribution in [0.2, 0.25) is 0 Å². The minimum atomic E-state index is 0.350. The number of hydrogen-bond donors (Lipinski definition) is 1. The maximum Gasteiger partial charge on any atom is 0.123 e. The summed E-state index contributed by atoms with van der Waals surface area (Å²) < 4.78 is 6.15. The van der Waals surface area contributed by atoms with Gasteiger partial charge in [-0.05, 0) is 50.8 Å². The highest BCUT2D eigenvalue weighted by atomic mass is 16.5. The molecule has 0 spiro atoms. The summed E-state index contributed by atoms with van der Waals surface area (Å²) in [5.41, 5.74) is 2.73. The van der Waals surface area contributed by atoms with E-state index in [9.17, 15) is 0 Å². The molecule has 1 saturated heterocycles. The number of ether oxygens (including phenoxy) is 1. The number of nitrogens with zero attached hydrogens (tertiary/aromatic N) is 1. The highest BCUT2D eigenvalue weighted by Crippen LogP contribution is 2.31. The van der Waals surface area contributed by atoms with Crippen LogP contribution in [-0.4, -0.2) is 42.7 Å². The van der Waals surface area contributed by atoms with Crippen LogP contribution >= 0.6 is 0 Å². The van der Waals surface area contributed by atoms with Crippen molar-refractivity contribution < 1.29 is 4.74 Å². The standard InChI is InChI=1S/C18H26N2O/c1-13-4-7-18-14(9-13)10-17(21-18)12-20-8-2-3-16(20)11-19-15-5-6-15/h4,7,9,15-17,19H,2-3,5-6,8,10-12H2,1H3. The van der Waals surface area contributed by atoms with Crippen LogP contribution in [0.15, 0.2) is 18.2 Å². The fourth-order valence-electron chi connectivity index (χ4n) is 3.77. The van der Waals surface area contributed by atoms with Crippen LogP contribution in [0.4, 0.5) is 0 Å². The Balaban J connectivity index is 1.33. The first-order valence-corrected chi connectivity index (χ1v) is 8.51. The lowest BCUT2D eigenvalue weighted by molar-refractivity contribution is 0.140. The van der Waals surface area contributed by atoms with Gasteiger partial charge in [-0.25, -0.2) is 0 Å². The van der Waals surface area contributed by atoms with Gasteiger partial charge in [0.15, 0.2) is 0 Å². The second kappa shape index (κ2) is 5.62. The van der Waals surface area contributed by atoms with Gasteiger partial charge in [-0.1, -0.05) is 17.7 Å². The number of fused-ring (bicyclic) bond motifs is 1. The summed E-state index contributed by atoms with van der Waals surface area (Å²) in [6.45, 7) is 5.66. The van der Waals surface area contributed by atoms with Crippen LogP contribution in [0, 0.1) is 6.92 Å². The molecule has 0 radical (unpaired) electrons. The van der Waals surface area contributed by atoms with Gasteiger partial charge in [0.25, 0.3) is 0 Å². The van der Waals surface area contributed by atoms with Crippen molar-refractivity contribution in [3.05, 3.63) is 29.3 Å². The van der Waals surface area contributed by atoms with Gasteiger partial charge in [0, 0.05) is 31.6 Å². The molecule has 3 heteroatoms. The summed E-state index contributed by atoms with van der Waals surface area (Å²) in [4.78, 5) is 2.65. The van der Waals surface area contributed by atoms with Crippen molar-refractivity contribution in [2.45, 2.75) is 57.2 Å². The molecule has 2 fully saturated rings. The monoisotopic (exact) mass is 286 g/mol. The molecule has 1 N–H and O–H groups in total. The molecule has 2 heterocycles. The summed E-state index contributed by atoms with van der Waals surface area (Å²) in [5.74, 6) is 1.11. The average Bonchev–Trinajstić information content (AvgIpc) is 3.06. The van der Waals surface area contributed by atoms with E-state index in [1.165, 1.54) is 49.9 Å². The SMILES string of the molecule is Cc1ccc2c(c1)CC(CN1CCCC1CNC1CC1)O2. The van der Waals surface area contributed by atoms with Gasteiger partial charge in [0.2, 0.25) is 0 Å². The van der Waals surface area contributed by atoms with Crippen molar-refractivity contribution in [3.8, 4) is 5.75 Å². The molecule has 0 aromatic heterocycles. The molecule has 2 atom stereocenters. The Morgan fingerprint density at radius 3 is 3.05 bits per heavy atom. The van der Waals surface area contributed by atoms with Gasteiger partial charge in [0.05, 0.1) is 0 Å². The van der Waals surface area contributed by atoms with E-state index in [-0.39, 0.29) is 0 Å². The lowest BCUT2D eigenvalue weighted by atomic mass is 10.1. The normalized spacial score (nSPS) is 28.6. The van der Waals surface area contributed by atoms with Crippen molar-refractivity contribution in [1.82, 2.24) is 10.2 Å². The van der Waals surface area contributed by atoms with E-state index in [1.807, 2.05) is 0 Å². The molecule has 0 amide bonds. The number of benzene rings is 1. The highest BCUT2D eigenvalue weighted by Gasteiger charge is 2.31. The molecule has 114 valence electrons. The zero-order valence-electron chi connectivity index (χ0n) is 13.0. The first kappa shape index (κ1) is 13.6. The molecular weight excluding hydrogens is 260 g/mol.